The first-order valence-corrected chi connectivity index (χ1v) is 8.34. The molecule has 20 heavy (non-hydrogen) atoms. The lowest BCUT2D eigenvalue weighted by atomic mass is 9.89. The van der Waals surface area contributed by atoms with Gasteiger partial charge in [0.25, 0.3) is 0 Å². The highest BCUT2D eigenvalue weighted by Crippen LogP contribution is 2.32. The van der Waals surface area contributed by atoms with E-state index < -0.39 is 0 Å². The second-order valence-corrected chi connectivity index (χ2v) is 5.82. The maximum Gasteiger partial charge on any atom is 0.122 e. The number of para-hydroxylation sites is 1. The molecule has 112 valence electrons. The monoisotopic (exact) mass is 275 g/mol. The molecule has 1 heterocycles. The largest absolute Gasteiger partial charge is 0.493 e. The van der Waals surface area contributed by atoms with Crippen molar-refractivity contribution in [1.29, 1.82) is 0 Å². The number of rotatable bonds is 8. The van der Waals surface area contributed by atoms with E-state index in [0.29, 0.717) is 5.92 Å². The van der Waals surface area contributed by atoms with E-state index in [1.807, 2.05) is 0 Å². The topological polar surface area (TPSA) is 21.3 Å². The van der Waals surface area contributed by atoms with Crippen LogP contribution in [-0.2, 0) is 0 Å². The Morgan fingerprint density at radius 3 is 2.60 bits per heavy atom. The third kappa shape index (κ3) is 4.82. The molecular formula is C18H29NO. The first-order valence-electron chi connectivity index (χ1n) is 8.34. The third-order valence-corrected chi connectivity index (χ3v) is 4.20. The van der Waals surface area contributed by atoms with E-state index in [0.717, 1.165) is 25.4 Å². The molecule has 1 aromatic rings. The molecule has 0 bridgehead atoms. The van der Waals surface area contributed by atoms with Crippen LogP contribution in [0.4, 0.5) is 0 Å². The fraction of sp³-hybridized carbons (Fsp3) is 0.667. The summed E-state index contributed by atoms with van der Waals surface area (Å²) in [6.45, 7) is 5.39. The molecule has 1 saturated heterocycles. The van der Waals surface area contributed by atoms with Crippen molar-refractivity contribution in [2.75, 3.05) is 19.7 Å². The van der Waals surface area contributed by atoms with Gasteiger partial charge >= 0.3 is 0 Å². The summed E-state index contributed by atoms with van der Waals surface area (Å²) in [4.78, 5) is 0. The van der Waals surface area contributed by atoms with Crippen molar-refractivity contribution >= 4 is 0 Å². The molecule has 2 heteroatoms. The van der Waals surface area contributed by atoms with Crippen LogP contribution < -0.4 is 10.1 Å². The molecule has 0 unspecified atom stereocenters. The van der Waals surface area contributed by atoms with Crippen molar-refractivity contribution in [3.8, 4) is 5.75 Å². The predicted molar refractivity (Wildman–Crippen MR) is 85.5 cm³/mol. The van der Waals surface area contributed by atoms with Gasteiger partial charge in [-0.05, 0) is 49.9 Å². The maximum atomic E-state index is 6.05. The fourth-order valence-corrected chi connectivity index (χ4v) is 2.97. The Morgan fingerprint density at radius 2 is 1.80 bits per heavy atom. The molecule has 1 aliphatic heterocycles. The molecule has 2 nitrogen and oxygen atoms in total. The van der Waals surface area contributed by atoms with Gasteiger partial charge in [-0.15, -0.1) is 0 Å². The lowest BCUT2D eigenvalue weighted by Gasteiger charge is -2.25. The summed E-state index contributed by atoms with van der Waals surface area (Å²) in [7, 11) is 0. The minimum absolute atomic E-state index is 0.674. The van der Waals surface area contributed by atoms with Crippen LogP contribution >= 0.6 is 0 Å². The number of nitrogens with one attached hydrogen (secondary N) is 1. The zero-order valence-electron chi connectivity index (χ0n) is 12.9. The van der Waals surface area contributed by atoms with Crippen LogP contribution in [0.25, 0.3) is 0 Å². The average Bonchev–Trinajstić information content (AvgIpc) is 2.52. The van der Waals surface area contributed by atoms with Gasteiger partial charge in [0, 0.05) is 0 Å². The van der Waals surface area contributed by atoms with E-state index in [2.05, 4.69) is 36.5 Å². The van der Waals surface area contributed by atoms with Crippen LogP contribution in [0.3, 0.4) is 0 Å². The van der Waals surface area contributed by atoms with Crippen LogP contribution in [-0.4, -0.2) is 19.7 Å². The zero-order chi connectivity index (χ0) is 14.0. The van der Waals surface area contributed by atoms with E-state index in [1.165, 1.54) is 50.5 Å². The van der Waals surface area contributed by atoms with Crippen molar-refractivity contribution in [3.63, 3.8) is 0 Å². The van der Waals surface area contributed by atoms with Crippen LogP contribution in [0.15, 0.2) is 24.3 Å². The molecule has 0 radical (unpaired) electrons. The number of hydrogen-bond acceptors (Lipinski definition) is 2. The summed E-state index contributed by atoms with van der Waals surface area (Å²) in [5.74, 6) is 1.79. The van der Waals surface area contributed by atoms with E-state index in [-0.39, 0.29) is 0 Å². The lowest BCUT2D eigenvalue weighted by molar-refractivity contribution is 0.297. The Labute approximate surface area is 123 Å². The first kappa shape index (κ1) is 15.4. The van der Waals surface area contributed by atoms with Crippen LogP contribution in [0.1, 0.15) is 63.4 Å². The van der Waals surface area contributed by atoms with Crippen molar-refractivity contribution in [2.45, 2.75) is 57.8 Å². The van der Waals surface area contributed by atoms with Crippen LogP contribution in [0.5, 0.6) is 5.75 Å². The molecule has 1 N–H and O–H groups in total. The van der Waals surface area contributed by atoms with E-state index in [9.17, 15) is 0 Å². The highest BCUT2D eigenvalue weighted by molar-refractivity contribution is 5.36. The molecule has 0 spiro atoms. The SMILES string of the molecule is CCCCCCCOc1ccccc1C1CCNCC1. The van der Waals surface area contributed by atoms with Gasteiger partial charge in [-0.2, -0.15) is 0 Å². The molecule has 0 amide bonds. The number of benzene rings is 1. The molecule has 1 aromatic carbocycles. The maximum absolute atomic E-state index is 6.05. The molecule has 0 aromatic heterocycles. The number of hydrogen-bond donors (Lipinski definition) is 1. The summed E-state index contributed by atoms with van der Waals surface area (Å²) in [6.07, 6.45) is 8.94. The number of unbranched alkanes of at least 4 members (excludes halogenated alkanes) is 4. The molecule has 0 atom stereocenters. The van der Waals surface area contributed by atoms with Gasteiger partial charge in [0.05, 0.1) is 6.61 Å². The van der Waals surface area contributed by atoms with E-state index in [1.54, 1.807) is 0 Å². The first-order chi connectivity index (χ1) is 9.92. The van der Waals surface area contributed by atoms with Gasteiger partial charge in [-0.1, -0.05) is 50.8 Å². The molecule has 2 rings (SSSR count). The minimum atomic E-state index is 0.674. The van der Waals surface area contributed by atoms with Crippen molar-refractivity contribution < 1.29 is 4.74 Å². The summed E-state index contributed by atoms with van der Waals surface area (Å²) >= 11 is 0. The van der Waals surface area contributed by atoms with Gasteiger partial charge in [-0.25, -0.2) is 0 Å². The molecule has 1 aliphatic rings. The van der Waals surface area contributed by atoms with Crippen molar-refractivity contribution in [1.82, 2.24) is 5.32 Å². The Kier molecular flexibility index (Phi) is 6.93. The van der Waals surface area contributed by atoms with Gasteiger partial charge in [0.1, 0.15) is 5.75 Å². The number of ether oxygens (including phenoxy) is 1. The number of piperidine rings is 1. The predicted octanol–water partition coefficient (Wildman–Crippen LogP) is 4.50. The van der Waals surface area contributed by atoms with Gasteiger partial charge < -0.3 is 10.1 Å². The van der Waals surface area contributed by atoms with Crippen LogP contribution in [0, 0.1) is 0 Å². The Bertz CT molecular complexity index is 371. The molecule has 0 aliphatic carbocycles. The Balaban J connectivity index is 1.81. The van der Waals surface area contributed by atoms with Gasteiger partial charge in [0.2, 0.25) is 0 Å². The summed E-state index contributed by atoms with van der Waals surface area (Å²) in [5, 5.41) is 3.43. The fourth-order valence-electron chi connectivity index (χ4n) is 2.97. The average molecular weight is 275 g/mol. The molecular weight excluding hydrogens is 246 g/mol. The van der Waals surface area contributed by atoms with Gasteiger partial charge in [0.15, 0.2) is 0 Å². The second kappa shape index (κ2) is 9.02. The lowest BCUT2D eigenvalue weighted by Crippen LogP contribution is -2.26. The highest BCUT2D eigenvalue weighted by Gasteiger charge is 2.18. The molecule has 0 saturated carbocycles. The van der Waals surface area contributed by atoms with Crippen LogP contribution in [0.2, 0.25) is 0 Å². The van der Waals surface area contributed by atoms with E-state index >= 15 is 0 Å². The second-order valence-electron chi connectivity index (χ2n) is 5.82. The summed E-state index contributed by atoms with van der Waals surface area (Å²) in [5.41, 5.74) is 1.42. The quantitative estimate of drug-likeness (QED) is 0.705. The van der Waals surface area contributed by atoms with Crippen molar-refractivity contribution in [2.24, 2.45) is 0 Å². The minimum Gasteiger partial charge on any atom is -0.493 e. The Hall–Kier alpha value is -1.02. The van der Waals surface area contributed by atoms with Crippen molar-refractivity contribution in [3.05, 3.63) is 29.8 Å². The highest BCUT2D eigenvalue weighted by atomic mass is 16.5. The summed E-state index contributed by atoms with van der Waals surface area (Å²) < 4.78 is 6.05. The standard InChI is InChI=1S/C18H29NO/c1-2-3-4-5-8-15-20-18-10-7-6-9-17(18)16-11-13-19-14-12-16/h6-7,9-10,16,19H,2-5,8,11-15H2,1H3. The summed E-state index contributed by atoms with van der Waals surface area (Å²) in [6, 6.07) is 8.63. The normalized spacial score (nSPS) is 16.2. The van der Waals surface area contributed by atoms with E-state index in [4.69, 9.17) is 4.74 Å². The smallest absolute Gasteiger partial charge is 0.122 e. The van der Waals surface area contributed by atoms with Gasteiger partial charge in [-0.3, -0.25) is 0 Å². The molecule has 1 fully saturated rings. The zero-order valence-corrected chi connectivity index (χ0v) is 12.9. The third-order valence-electron chi connectivity index (χ3n) is 4.20. The Morgan fingerprint density at radius 1 is 1.05 bits per heavy atom.